The molecule has 126 valence electrons. The third-order valence-corrected chi connectivity index (χ3v) is 3.53. The molecule has 1 amide bonds. The number of hydrogen-bond donors (Lipinski definition) is 3. The number of carbonyl (C=O) groups is 1. The summed E-state index contributed by atoms with van der Waals surface area (Å²) in [5.74, 6) is 5.88. The summed E-state index contributed by atoms with van der Waals surface area (Å²) in [6, 6.07) is 11.2. The van der Waals surface area contributed by atoms with Gasteiger partial charge in [0.05, 0.1) is 11.1 Å². The van der Waals surface area contributed by atoms with Gasteiger partial charge < -0.3 is 4.98 Å². The van der Waals surface area contributed by atoms with Gasteiger partial charge in [0.1, 0.15) is 5.65 Å². The van der Waals surface area contributed by atoms with Crippen LogP contribution in [-0.4, -0.2) is 20.9 Å². The first kappa shape index (κ1) is 16.5. The molecule has 6 nitrogen and oxygen atoms in total. The van der Waals surface area contributed by atoms with Crippen molar-refractivity contribution in [3.05, 3.63) is 58.0 Å². The zero-order valence-corrected chi connectivity index (χ0v) is 14.2. The van der Waals surface area contributed by atoms with Crippen LogP contribution in [0.15, 0.2) is 41.2 Å². The molecule has 0 fully saturated rings. The SMILES string of the molecule is CC(C)(C)C(=O)Nc1nc2[nH]c(C#Cc3ccccc3)cc2c(=O)[nH]1. The fourth-order valence-electron chi connectivity index (χ4n) is 2.10. The molecule has 3 aromatic rings. The molecule has 6 heteroatoms. The molecule has 1 aromatic carbocycles. The highest BCUT2D eigenvalue weighted by Gasteiger charge is 2.22. The van der Waals surface area contributed by atoms with Crippen LogP contribution in [0.5, 0.6) is 0 Å². The number of nitrogens with zero attached hydrogens (tertiary/aromatic N) is 1. The standard InChI is InChI=1S/C19H18N4O2/c1-19(2,3)17(25)23-18-21-15-14(16(24)22-18)11-13(20-15)10-9-12-7-5-4-6-8-12/h4-8,11H,1-3H3,(H3,20,21,22,23,24,25). The van der Waals surface area contributed by atoms with E-state index in [1.165, 1.54) is 0 Å². The van der Waals surface area contributed by atoms with Crippen molar-refractivity contribution < 1.29 is 4.79 Å². The minimum absolute atomic E-state index is 0.113. The molecule has 3 N–H and O–H groups in total. The summed E-state index contributed by atoms with van der Waals surface area (Å²) in [7, 11) is 0. The van der Waals surface area contributed by atoms with Gasteiger partial charge in [0.2, 0.25) is 11.9 Å². The molecule has 0 aliphatic heterocycles. The monoisotopic (exact) mass is 334 g/mol. The number of fused-ring (bicyclic) bond motifs is 1. The molecule has 0 aliphatic carbocycles. The Morgan fingerprint density at radius 3 is 2.52 bits per heavy atom. The number of anilines is 1. The highest BCUT2D eigenvalue weighted by Crippen LogP contribution is 2.16. The highest BCUT2D eigenvalue weighted by molar-refractivity contribution is 5.93. The van der Waals surface area contributed by atoms with Crippen LogP contribution in [0.4, 0.5) is 5.95 Å². The molecule has 0 saturated carbocycles. The van der Waals surface area contributed by atoms with Gasteiger partial charge in [0.15, 0.2) is 0 Å². The van der Waals surface area contributed by atoms with Gasteiger partial charge in [-0.1, -0.05) is 44.9 Å². The van der Waals surface area contributed by atoms with E-state index in [1.54, 1.807) is 26.8 Å². The van der Waals surface area contributed by atoms with E-state index in [2.05, 4.69) is 32.1 Å². The number of nitrogens with one attached hydrogen (secondary N) is 3. The van der Waals surface area contributed by atoms with Crippen LogP contribution < -0.4 is 10.9 Å². The van der Waals surface area contributed by atoms with E-state index in [-0.39, 0.29) is 17.4 Å². The molecule has 0 unspecified atom stereocenters. The Bertz CT molecular complexity index is 1040. The van der Waals surface area contributed by atoms with E-state index in [0.717, 1.165) is 5.56 Å². The highest BCUT2D eigenvalue weighted by atomic mass is 16.2. The van der Waals surface area contributed by atoms with Crippen molar-refractivity contribution in [2.24, 2.45) is 5.41 Å². The predicted octanol–water partition coefficient (Wildman–Crippen LogP) is 2.64. The van der Waals surface area contributed by atoms with Crippen LogP contribution in [0.3, 0.4) is 0 Å². The van der Waals surface area contributed by atoms with Crippen molar-refractivity contribution in [3.8, 4) is 11.8 Å². The molecular weight excluding hydrogens is 316 g/mol. The lowest BCUT2D eigenvalue weighted by Crippen LogP contribution is -2.29. The maximum Gasteiger partial charge on any atom is 0.261 e. The first-order valence-electron chi connectivity index (χ1n) is 7.84. The lowest BCUT2D eigenvalue weighted by molar-refractivity contribution is -0.123. The second kappa shape index (κ2) is 6.29. The Morgan fingerprint density at radius 2 is 1.84 bits per heavy atom. The molecule has 0 radical (unpaired) electrons. The largest absolute Gasteiger partial charge is 0.332 e. The normalized spacial score (nSPS) is 11.0. The van der Waals surface area contributed by atoms with Crippen molar-refractivity contribution in [1.82, 2.24) is 15.0 Å². The van der Waals surface area contributed by atoms with E-state index >= 15 is 0 Å². The van der Waals surface area contributed by atoms with Crippen LogP contribution in [0.2, 0.25) is 0 Å². The second-order valence-corrected chi connectivity index (χ2v) is 6.68. The van der Waals surface area contributed by atoms with Gasteiger partial charge in [-0.25, -0.2) is 0 Å². The number of carbonyl (C=O) groups excluding carboxylic acids is 1. The fraction of sp³-hybridized carbons (Fsp3) is 0.211. The minimum atomic E-state index is -0.588. The lowest BCUT2D eigenvalue weighted by atomic mass is 9.96. The zero-order chi connectivity index (χ0) is 18.0. The van der Waals surface area contributed by atoms with Gasteiger partial charge in [-0.2, -0.15) is 4.98 Å². The molecular formula is C19H18N4O2. The molecule has 0 spiro atoms. The quantitative estimate of drug-likeness (QED) is 0.598. The minimum Gasteiger partial charge on any atom is -0.332 e. The second-order valence-electron chi connectivity index (χ2n) is 6.68. The summed E-state index contributed by atoms with van der Waals surface area (Å²) in [4.78, 5) is 34.1. The molecule has 0 bridgehead atoms. The van der Waals surface area contributed by atoms with Crippen LogP contribution in [-0.2, 0) is 4.79 Å². The Labute approximate surface area is 144 Å². The van der Waals surface area contributed by atoms with Crippen molar-refractivity contribution in [1.29, 1.82) is 0 Å². The summed E-state index contributed by atoms with van der Waals surface area (Å²) < 4.78 is 0. The van der Waals surface area contributed by atoms with E-state index in [9.17, 15) is 9.59 Å². The fourth-order valence-corrected chi connectivity index (χ4v) is 2.10. The number of amides is 1. The third-order valence-electron chi connectivity index (χ3n) is 3.53. The van der Waals surface area contributed by atoms with Crippen LogP contribution >= 0.6 is 0 Å². The van der Waals surface area contributed by atoms with Crippen molar-refractivity contribution in [3.63, 3.8) is 0 Å². The molecule has 0 aliphatic rings. The molecule has 25 heavy (non-hydrogen) atoms. The van der Waals surface area contributed by atoms with Gasteiger partial charge >= 0.3 is 0 Å². The number of benzene rings is 1. The van der Waals surface area contributed by atoms with Crippen molar-refractivity contribution in [2.75, 3.05) is 5.32 Å². The zero-order valence-electron chi connectivity index (χ0n) is 14.2. The lowest BCUT2D eigenvalue weighted by Gasteiger charge is -2.16. The van der Waals surface area contributed by atoms with Crippen molar-refractivity contribution in [2.45, 2.75) is 20.8 Å². The van der Waals surface area contributed by atoms with Gasteiger partial charge in [-0.3, -0.25) is 19.9 Å². The van der Waals surface area contributed by atoms with E-state index < -0.39 is 5.41 Å². The summed E-state index contributed by atoms with van der Waals surface area (Å²) in [5, 5.41) is 3.01. The third kappa shape index (κ3) is 3.78. The molecule has 0 atom stereocenters. The first-order chi connectivity index (χ1) is 11.8. The van der Waals surface area contributed by atoms with Crippen LogP contribution in [0.25, 0.3) is 11.0 Å². The van der Waals surface area contributed by atoms with Gasteiger partial charge in [0.25, 0.3) is 5.56 Å². The van der Waals surface area contributed by atoms with Gasteiger partial charge in [-0.05, 0) is 24.1 Å². The predicted molar refractivity (Wildman–Crippen MR) is 97.2 cm³/mol. The topological polar surface area (TPSA) is 90.6 Å². The van der Waals surface area contributed by atoms with Crippen LogP contribution in [0.1, 0.15) is 32.0 Å². The van der Waals surface area contributed by atoms with E-state index in [4.69, 9.17) is 0 Å². The first-order valence-corrected chi connectivity index (χ1v) is 7.84. The molecule has 2 aromatic heterocycles. The Morgan fingerprint density at radius 1 is 1.12 bits per heavy atom. The smallest absolute Gasteiger partial charge is 0.261 e. The number of hydrogen-bond acceptors (Lipinski definition) is 3. The van der Waals surface area contributed by atoms with Gasteiger partial charge in [-0.15, -0.1) is 0 Å². The average Bonchev–Trinajstić information content (AvgIpc) is 2.96. The molecule has 0 saturated heterocycles. The maximum atomic E-state index is 12.2. The number of aromatic nitrogens is 3. The Balaban J connectivity index is 1.93. The van der Waals surface area contributed by atoms with E-state index in [1.807, 2.05) is 30.3 Å². The van der Waals surface area contributed by atoms with Crippen molar-refractivity contribution >= 4 is 22.9 Å². The summed E-state index contributed by atoms with van der Waals surface area (Å²) >= 11 is 0. The number of aromatic amines is 2. The number of rotatable bonds is 1. The van der Waals surface area contributed by atoms with Gasteiger partial charge in [0, 0.05) is 11.0 Å². The average molecular weight is 334 g/mol. The maximum absolute atomic E-state index is 12.2. The van der Waals surface area contributed by atoms with Crippen LogP contribution in [0, 0.1) is 17.3 Å². The Hall–Kier alpha value is -3.33. The summed E-state index contributed by atoms with van der Waals surface area (Å²) in [6.45, 7) is 5.35. The molecule has 3 rings (SSSR count). The van der Waals surface area contributed by atoms with E-state index in [0.29, 0.717) is 16.7 Å². The molecule has 2 heterocycles. The Kier molecular flexibility index (Phi) is 4.15. The summed E-state index contributed by atoms with van der Waals surface area (Å²) in [6.07, 6.45) is 0. The number of H-pyrrole nitrogens is 2. The summed E-state index contributed by atoms with van der Waals surface area (Å²) in [5.41, 5.74) is 0.913.